The van der Waals surface area contributed by atoms with Crippen LogP contribution in [-0.2, 0) is 19.1 Å². The Morgan fingerprint density at radius 3 is 1.48 bits per heavy atom. The lowest BCUT2D eigenvalue weighted by Gasteiger charge is -2.40. The molecule has 0 amide bonds. The van der Waals surface area contributed by atoms with Gasteiger partial charge in [-0.25, -0.2) is 14.0 Å². The van der Waals surface area contributed by atoms with Crippen LogP contribution in [-0.4, -0.2) is 68.6 Å². The van der Waals surface area contributed by atoms with E-state index in [1.807, 2.05) is 0 Å². The normalized spacial score (nSPS) is 15.0. The predicted molar refractivity (Wildman–Crippen MR) is 85.2 cm³/mol. The Kier molecular flexibility index (Phi) is 8.75. The SMILES string of the molecule is C[Si](C)(C)COC(=O)C=CC(=O)OC(F)(F)C(F)(F)C(F)(F)C(F)(F)C(F)(F)C(F)(F)CF. The second-order valence-electron chi connectivity index (χ2n) is 7.58. The summed E-state index contributed by atoms with van der Waals surface area (Å²) >= 11 is 0. The van der Waals surface area contributed by atoms with E-state index in [9.17, 15) is 66.7 Å². The molecule has 0 fully saturated rings. The van der Waals surface area contributed by atoms with Gasteiger partial charge in [-0.05, 0) is 0 Å². The number of esters is 2. The topological polar surface area (TPSA) is 52.6 Å². The van der Waals surface area contributed by atoms with Gasteiger partial charge in [0.05, 0.1) is 14.3 Å². The molecular weight excluding hydrogens is 519 g/mol. The summed E-state index contributed by atoms with van der Waals surface area (Å²) in [6.07, 6.45) is -7.57. The molecule has 0 aromatic heterocycles. The molecule has 18 heteroatoms. The van der Waals surface area contributed by atoms with E-state index < -0.39 is 62.4 Å². The Morgan fingerprint density at radius 1 is 0.697 bits per heavy atom. The highest BCUT2D eigenvalue weighted by Gasteiger charge is 2.91. The van der Waals surface area contributed by atoms with Crippen molar-refractivity contribution in [3.63, 3.8) is 0 Å². The summed E-state index contributed by atoms with van der Waals surface area (Å²) in [6.45, 7) is 1.30. The largest absolute Gasteiger partial charge is 0.473 e. The van der Waals surface area contributed by atoms with Crippen LogP contribution in [0.3, 0.4) is 0 Å². The molecule has 0 spiro atoms. The third kappa shape index (κ3) is 6.11. The molecule has 0 unspecified atom stereocenters. The van der Waals surface area contributed by atoms with Crippen molar-refractivity contribution in [3.05, 3.63) is 12.2 Å². The third-order valence-electron chi connectivity index (χ3n) is 3.41. The average molecular weight is 534 g/mol. The highest BCUT2D eigenvalue weighted by Crippen LogP contribution is 2.60. The van der Waals surface area contributed by atoms with E-state index in [0.29, 0.717) is 0 Å². The van der Waals surface area contributed by atoms with Crippen molar-refractivity contribution in [1.82, 2.24) is 0 Å². The van der Waals surface area contributed by atoms with Gasteiger partial charge in [0.25, 0.3) is 0 Å². The molecule has 0 aliphatic carbocycles. The van der Waals surface area contributed by atoms with Crippen LogP contribution in [0.1, 0.15) is 0 Å². The molecule has 0 radical (unpaired) electrons. The van der Waals surface area contributed by atoms with Crippen LogP contribution in [0.2, 0.25) is 19.6 Å². The smallest absolute Gasteiger partial charge is 0.466 e. The molecule has 0 N–H and O–H groups in total. The lowest BCUT2D eigenvalue weighted by Crippen LogP contribution is -2.71. The summed E-state index contributed by atoms with van der Waals surface area (Å²) in [5.41, 5.74) is 0. The van der Waals surface area contributed by atoms with E-state index >= 15 is 0 Å². The molecule has 0 aromatic carbocycles. The lowest BCUT2D eigenvalue weighted by atomic mass is 9.94. The summed E-state index contributed by atoms with van der Waals surface area (Å²) in [5, 5.41) is 0. The Labute approximate surface area is 177 Å². The van der Waals surface area contributed by atoms with Crippen LogP contribution in [0.4, 0.5) is 57.1 Å². The number of hydrogen-bond acceptors (Lipinski definition) is 4. The molecule has 0 saturated heterocycles. The minimum atomic E-state index is -8.02. The molecule has 0 rings (SSSR count). The van der Waals surface area contributed by atoms with Gasteiger partial charge in [0, 0.05) is 12.2 Å². The van der Waals surface area contributed by atoms with Crippen molar-refractivity contribution in [3.8, 4) is 0 Å². The first-order valence-corrected chi connectivity index (χ1v) is 11.9. The zero-order valence-corrected chi connectivity index (χ0v) is 17.6. The van der Waals surface area contributed by atoms with Crippen molar-refractivity contribution in [2.75, 3.05) is 12.9 Å². The van der Waals surface area contributed by atoms with Gasteiger partial charge in [-0.15, -0.1) is 0 Å². The van der Waals surface area contributed by atoms with Crippen LogP contribution >= 0.6 is 0 Å². The fourth-order valence-electron chi connectivity index (χ4n) is 1.59. The number of halogens is 13. The minimum absolute atomic E-state index is 0.000600. The summed E-state index contributed by atoms with van der Waals surface area (Å²) in [4.78, 5) is 22.4. The van der Waals surface area contributed by atoms with Crippen LogP contribution in [0.5, 0.6) is 0 Å². The molecule has 0 saturated carbocycles. The number of alkyl halides is 13. The molecule has 0 bridgehead atoms. The van der Waals surface area contributed by atoms with Gasteiger partial charge in [-0.1, -0.05) is 19.6 Å². The highest BCUT2D eigenvalue weighted by molar-refractivity contribution is 6.76. The Bertz CT molecular complexity index is 759. The molecule has 33 heavy (non-hydrogen) atoms. The van der Waals surface area contributed by atoms with Crippen LogP contribution in [0, 0.1) is 0 Å². The van der Waals surface area contributed by atoms with Gasteiger partial charge in [0.1, 0.15) is 0 Å². The second-order valence-corrected chi connectivity index (χ2v) is 13.0. The van der Waals surface area contributed by atoms with E-state index in [1.165, 1.54) is 0 Å². The van der Waals surface area contributed by atoms with Gasteiger partial charge in [-0.2, -0.15) is 52.7 Å². The monoisotopic (exact) mass is 534 g/mol. The number of ether oxygens (including phenoxy) is 2. The molecule has 0 aromatic rings. The van der Waals surface area contributed by atoms with Crippen molar-refractivity contribution < 1.29 is 76.1 Å². The first kappa shape index (κ1) is 31.0. The van der Waals surface area contributed by atoms with Gasteiger partial charge in [0.2, 0.25) is 0 Å². The van der Waals surface area contributed by atoms with Gasteiger partial charge in [-0.3, -0.25) is 0 Å². The van der Waals surface area contributed by atoms with Gasteiger partial charge >= 0.3 is 47.7 Å². The summed E-state index contributed by atoms with van der Waals surface area (Å²) in [5.74, 6) is -42.2. The van der Waals surface area contributed by atoms with E-state index in [1.54, 1.807) is 19.6 Å². The maximum absolute atomic E-state index is 13.5. The predicted octanol–water partition coefficient (Wildman–Crippen LogP) is 5.25. The maximum Gasteiger partial charge on any atom is 0.473 e. The zero-order chi connectivity index (χ0) is 26.9. The van der Waals surface area contributed by atoms with Crippen molar-refractivity contribution >= 4 is 20.0 Å². The summed E-state index contributed by atoms with van der Waals surface area (Å²) in [7, 11) is -2.01. The fraction of sp³-hybridized carbons (Fsp3) is 0.733. The summed E-state index contributed by atoms with van der Waals surface area (Å²) in [6, 6.07) is 0. The van der Waals surface area contributed by atoms with Crippen molar-refractivity contribution in [1.29, 1.82) is 0 Å². The summed E-state index contributed by atoms with van der Waals surface area (Å²) < 4.78 is 178. The molecular formula is C15H15F13O4Si. The Morgan fingerprint density at radius 2 is 1.09 bits per heavy atom. The maximum atomic E-state index is 13.5. The van der Waals surface area contributed by atoms with Crippen LogP contribution in [0.25, 0.3) is 0 Å². The van der Waals surface area contributed by atoms with E-state index in [4.69, 9.17) is 0 Å². The van der Waals surface area contributed by atoms with Crippen LogP contribution < -0.4 is 0 Å². The number of carbonyl (C=O) groups excluding carboxylic acids is 2. The van der Waals surface area contributed by atoms with Crippen LogP contribution in [0.15, 0.2) is 12.2 Å². The van der Waals surface area contributed by atoms with Gasteiger partial charge in [0.15, 0.2) is 6.67 Å². The third-order valence-corrected chi connectivity index (χ3v) is 4.42. The van der Waals surface area contributed by atoms with E-state index in [2.05, 4.69) is 9.47 Å². The quantitative estimate of drug-likeness (QED) is 0.157. The van der Waals surface area contributed by atoms with Crippen molar-refractivity contribution in [2.45, 2.75) is 55.4 Å². The molecule has 4 nitrogen and oxygen atoms in total. The number of hydrogen-bond donors (Lipinski definition) is 0. The molecule has 0 atom stereocenters. The number of carbonyl (C=O) groups is 2. The Balaban J connectivity index is 5.82. The second kappa shape index (κ2) is 9.32. The fourth-order valence-corrected chi connectivity index (χ4v) is 2.16. The minimum Gasteiger partial charge on any atom is -0.466 e. The standard InChI is InChI=1S/C15H15F13O4Si/c1-33(2,3)7-31-8(29)4-5-9(30)32-15(27,28)14(25,26)13(23,24)12(21,22)11(19,20)10(17,18)6-16/h4-5H,6-7H2,1-3H3. The average Bonchev–Trinajstić information content (AvgIpc) is 2.62. The molecule has 0 heterocycles. The lowest BCUT2D eigenvalue weighted by molar-refractivity contribution is -0.450. The molecule has 0 aliphatic rings. The highest BCUT2D eigenvalue weighted by atomic mass is 28.3. The number of rotatable bonds is 11. The van der Waals surface area contributed by atoms with Gasteiger partial charge < -0.3 is 9.47 Å². The van der Waals surface area contributed by atoms with Crippen molar-refractivity contribution in [2.24, 2.45) is 0 Å². The Hall–Kier alpha value is -2.01. The van der Waals surface area contributed by atoms with E-state index in [0.717, 1.165) is 0 Å². The first-order valence-electron chi connectivity index (χ1n) is 8.21. The molecule has 0 aliphatic heterocycles. The first-order chi connectivity index (χ1) is 14.3. The zero-order valence-electron chi connectivity index (χ0n) is 16.6. The van der Waals surface area contributed by atoms with E-state index in [-0.39, 0.29) is 18.4 Å². The molecule has 194 valence electrons.